The molecule has 0 saturated carbocycles. The van der Waals surface area contributed by atoms with Gasteiger partial charge >= 0.3 is 0 Å². The molecule has 1 aromatic heterocycles. The van der Waals surface area contributed by atoms with Gasteiger partial charge in [-0.2, -0.15) is 10.5 Å². The summed E-state index contributed by atoms with van der Waals surface area (Å²) in [5, 5.41) is 19.2. The molecule has 0 bridgehead atoms. The highest BCUT2D eigenvalue weighted by Crippen LogP contribution is 2.30. The fourth-order valence-corrected chi connectivity index (χ4v) is 3.85. The third kappa shape index (κ3) is 5.07. The average molecular weight is 471 g/mol. The Kier molecular flexibility index (Phi) is 7.05. The Hall–Kier alpha value is -4.99. The summed E-state index contributed by atoms with van der Waals surface area (Å²) < 4.78 is 5.59. The van der Waals surface area contributed by atoms with Gasteiger partial charge in [-0.1, -0.05) is 50.1 Å². The largest absolute Gasteiger partial charge is 0.481 e. The summed E-state index contributed by atoms with van der Waals surface area (Å²) >= 11 is 0. The van der Waals surface area contributed by atoms with Crippen molar-refractivity contribution in [3.63, 3.8) is 0 Å². The molecule has 6 nitrogen and oxygen atoms in total. The fraction of sp³-hybridized carbons (Fsp3) is 0.167. The van der Waals surface area contributed by atoms with Gasteiger partial charge < -0.3 is 4.74 Å². The zero-order chi connectivity index (χ0) is 25.7. The van der Waals surface area contributed by atoms with Crippen LogP contribution in [-0.4, -0.2) is 22.4 Å². The third-order valence-electron chi connectivity index (χ3n) is 5.78. The second kappa shape index (κ2) is 10.5. The van der Waals surface area contributed by atoms with Crippen molar-refractivity contribution in [3.8, 4) is 41.5 Å². The minimum Gasteiger partial charge on any atom is -0.481 e. The van der Waals surface area contributed by atoms with E-state index in [1.807, 2.05) is 42.5 Å². The van der Waals surface area contributed by atoms with Crippen LogP contribution in [0.5, 0.6) is 5.75 Å². The molecule has 4 aromatic rings. The summed E-state index contributed by atoms with van der Waals surface area (Å²) in [7, 11) is 0. The van der Waals surface area contributed by atoms with Gasteiger partial charge in [-0.3, -0.25) is 4.79 Å². The van der Waals surface area contributed by atoms with Gasteiger partial charge in [0.15, 0.2) is 5.82 Å². The van der Waals surface area contributed by atoms with Crippen molar-refractivity contribution in [2.45, 2.75) is 26.2 Å². The summed E-state index contributed by atoms with van der Waals surface area (Å²) in [4.78, 5) is 22.4. The molecule has 0 spiro atoms. The van der Waals surface area contributed by atoms with Crippen molar-refractivity contribution < 1.29 is 9.53 Å². The monoisotopic (exact) mass is 470 g/mol. The number of fused-ring (bicyclic) bond motifs is 1. The number of carbonyl (C=O) groups excluding carboxylic acids is 1. The summed E-state index contributed by atoms with van der Waals surface area (Å²) in [5.41, 5.74) is 4.36. The molecule has 0 aliphatic carbocycles. The molecule has 174 valence electrons. The maximum atomic E-state index is 13.2. The van der Waals surface area contributed by atoms with Crippen LogP contribution < -0.4 is 4.74 Å². The number of hydrogen-bond donors (Lipinski definition) is 0. The summed E-state index contributed by atoms with van der Waals surface area (Å²) in [6, 6.07) is 22.2. The minimum atomic E-state index is -0.293. The van der Waals surface area contributed by atoms with E-state index in [4.69, 9.17) is 16.4 Å². The number of hydrogen-bond acceptors (Lipinski definition) is 6. The van der Waals surface area contributed by atoms with Gasteiger partial charge in [0.2, 0.25) is 5.78 Å². The normalized spacial score (nSPS) is 10.4. The Morgan fingerprint density at radius 2 is 1.72 bits per heavy atom. The van der Waals surface area contributed by atoms with Crippen molar-refractivity contribution in [2.24, 2.45) is 0 Å². The smallest absolute Gasteiger partial charge is 0.204 e. The Morgan fingerprint density at radius 1 is 0.972 bits per heavy atom. The lowest BCUT2D eigenvalue weighted by molar-refractivity contribution is 0.0983. The van der Waals surface area contributed by atoms with Crippen LogP contribution >= 0.6 is 0 Å². The van der Waals surface area contributed by atoms with Gasteiger partial charge in [-0.05, 0) is 47.4 Å². The van der Waals surface area contributed by atoms with Crippen molar-refractivity contribution in [1.29, 1.82) is 10.5 Å². The molecule has 4 rings (SSSR count). The molecule has 6 heteroatoms. The van der Waals surface area contributed by atoms with Crippen molar-refractivity contribution in [2.75, 3.05) is 6.61 Å². The van der Waals surface area contributed by atoms with E-state index in [1.165, 1.54) is 5.56 Å². The molecule has 1 heterocycles. The van der Waals surface area contributed by atoms with E-state index < -0.39 is 0 Å². The van der Waals surface area contributed by atoms with E-state index in [2.05, 4.69) is 29.7 Å². The number of ketones is 1. The maximum absolute atomic E-state index is 13.2. The number of benzene rings is 3. The molecule has 36 heavy (non-hydrogen) atoms. The lowest BCUT2D eigenvalue weighted by Crippen LogP contribution is -2.10. The van der Waals surface area contributed by atoms with Gasteiger partial charge in [0.25, 0.3) is 0 Å². The highest BCUT2D eigenvalue weighted by molar-refractivity contribution is 6.00. The number of carbonyl (C=O) groups is 1. The van der Waals surface area contributed by atoms with E-state index in [0.717, 1.165) is 10.9 Å². The van der Waals surface area contributed by atoms with Crippen LogP contribution in [0.4, 0.5) is 0 Å². The molecule has 0 saturated heterocycles. The molecular weight excluding hydrogens is 448 g/mol. The van der Waals surface area contributed by atoms with Crippen LogP contribution in [-0.2, 0) is 6.42 Å². The summed E-state index contributed by atoms with van der Waals surface area (Å²) in [5.74, 6) is 3.21. The number of ether oxygens (including phenoxy) is 1. The first-order valence-electron chi connectivity index (χ1n) is 11.4. The van der Waals surface area contributed by atoms with Crippen LogP contribution in [0.25, 0.3) is 22.2 Å². The van der Waals surface area contributed by atoms with Gasteiger partial charge in [-0.15, -0.1) is 6.42 Å². The van der Waals surface area contributed by atoms with E-state index in [1.54, 1.807) is 30.3 Å². The van der Waals surface area contributed by atoms with E-state index in [9.17, 15) is 10.1 Å². The second-order valence-electron chi connectivity index (χ2n) is 8.55. The zero-order valence-electron chi connectivity index (χ0n) is 19.9. The molecule has 0 aliphatic heterocycles. The van der Waals surface area contributed by atoms with Crippen LogP contribution in [0, 0.1) is 35.0 Å². The van der Waals surface area contributed by atoms with Crippen molar-refractivity contribution in [3.05, 3.63) is 88.7 Å². The molecule has 0 N–H and O–H groups in total. The molecular formula is C30H22N4O2. The first-order valence-corrected chi connectivity index (χ1v) is 11.4. The topological polar surface area (TPSA) is 99.7 Å². The first kappa shape index (κ1) is 24.1. The molecule has 0 radical (unpaired) electrons. The van der Waals surface area contributed by atoms with Gasteiger partial charge in [0.1, 0.15) is 24.5 Å². The van der Waals surface area contributed by atoms with Crippen LogP contribution in [0.3, 0.4) is 0 Å². The number of Topliss-reactive ketones (excluding diaryl/α,β-unsaturated/α-hetero) is 1. The van der Waals surface area contributed by atoms with Crippen molar-refractivity contribution in [1.82, 2.24) is 9.97 Å². The predicted molar refractivity (Wildman–Crippen MR) is 137 cm³/mol. The lowest BCUT2D eigenvalue weighted by Gasteiger charge is -2.12. The number of rotatable bonds is 7. The molecule has 0 atom stereocenters. The van der Waals surface area contributed by atoms with Crippen LogP contribution in [0.2, 0.25) is 0 Å². The Balaban J connectivity index is 1.78. The molecule has 0 fully saturated rings. The maximum Gasteiger partial charge on any atom is 0.204 e. The van der Waals surface area contributed by atoms with Crippen molar-refractivity contribution >= 4 is 16.7 Å². The minimum absolute atomic E-state index is 0.000979. The van der Waals surface area contributed by atoms with Gasteiger partial charge in [0.05, 0.1) is 22.3 Å². The van der Waals surface area contributed by atoms with E-state index in [-0.39, 0.29) is 35.8 Å². The number of nitrogens with zero attached hydrogens (tertiary/aromatic N) is 4. The van der Waals surface area contributed by atoms with E-state index >= 15 is 0 Å². The Morgan fingerprint density at radius 3 is 2.39 bits per heavy atom. The molecule has 0 unspecified atom stereocenters. The summed E-state index contributed by atoms with van der Waals surface area (Å²) in [6.07, 6.45) is 5.33. The first-order chi connectivity index (χ1) is 17.4. The Bertz CT molecular complexity index is 1580. The number of terminal acetylenes is 1. The second-order valence-corrected chi connectivity index (χ2v) is 8.55. The highest BCUT2D eigenvalue weighted by atomic mass is 16.5. The van der Waals surface area contributed by atoms with Crippen LogP contribution in [0.15, 0.2) is 60.7 Å². The highest BCUT2D eigenvalue weighted by Gasteiger charge is 2.17. The SMILES string of the molecule is C#CCOc1ccc2nc(C(=O)Cc3ccc(C#N)c(C#N)c3)nc(-c3ccc(C(C)C)cc3)c2c1. The summed E-state index contributed by atoms with van der Waals surface area (Å²) in [6.45, 7) is 4.39. The molecule has 0 amide bonds. The predicted octanol–water partition coefficient (Wildman–Crippen LogP) is 5.60. The lowest BCUT2D eigenvalue weighted by atomic mass is 9.99. The van der Waals surface area contributed by atoms with Crippen LogP contribution in [0.1, 0.15) is 52.6 Å². The number of aromatic nitrogens is 2. The standard InChI is InChI=1S/C30H22N4O2/c1-4-13-36-25-11-12-27-26(16-25)29(22-9-7-21(8-10-22)19(2)3)34-30(33-27)28(35)15-20-5-6-23(17-31)24(14-20)18-32/h1,5-12,14,16,19H,13,15H2,2-3H3. The number of nitriles is 2. The quantitative estimate of drug-likeness (QED) is 0.257. The zero-order valence-corrected chi connectivity index (χ0v) is 19.9. The Labute approximate surface area is 209 Å². The van der Waals surface area contributed by atoms with E-state index in [0.29, 0.717) is 28.4 Å². The molecule has 3 aromatic carbocycles. The van der Waals surface area contributed by atoms with Gasteiger partial charge in [0, 0.05) is 17.4 Å². The average Bonchev–Trinajstić information content (AvgIpc) is 2.91. The van der Waals surface area contributed by atoms with Gasteiger partial charge in [-0.25, -0.2) is 9.97 Å². The third-order valence-corrected chi connectivity index (χ3v) is 5.78. The molecule has 0 aliphatic rings. The fourth-order valence-electron chi connectivity index (χ4n) is 3.85.